The SMILES string of the molecule is CC(=O)c1ccc(NC(=O)N(C)Cc2cnc(C)s2)cc1. The molecule has 0 unspecified atom stereocenters. The van der Waals surface area contributed by atoms with Crippen molar-refractivity contribution in [1.82, 2.24) is 9.88 Å². The summed E-state index contributed by atoms with van der Waals surface area (Å²) in [6.07, 6.45) is 1.78. The Labute approximate surface area is 127 Å². The maximum atomic E-state index is 12.1. The maximum Gasteiger partial charge on any atom is 0.321 e. The number of rotatable bonds is 4. The molecule has 1 aromatic carbocycles. The molecule has 2 aromatic rings. The van der Waals surface area contributed by atoms with Crippen molar-refractivity contribution in [3.05, 3.63) is 45.9 Å². The van der Waals surface area contributed by atoms with E-state index in [1.54, 1.807) is 53.7 Å². The van der Waals surface area contributed by atoms with Gasteiger partial charge in [0.2, 0.25) is 0 Å². The number of benzene rings is 1. The Hall–Kier alpha value is -2.21. The first-order chi connectivity index (χ1) is 9.95. The summed E-state index contributed by atoms with van der Waals surface area (Å²) in [7, 11) is 1.73. The van der Waals surface area contributed by atoms with Gasteiger partial charge in [-0.05, 0) is 38.1 Å². The summed E-state index contributed by atoms with van der Waals surface area (Å²) in [6, 6.07) is 6.64. The number of nitrogens with one attached hydrogen (secondary N) is 1. The minimum atomic E-state index is -0.198. The van der Waals surface area contributed by atoms with E-state index in [4.69, 9.17) is 0 Å². The number of hydrogen-bond donors (Lipinski definition) is 1. The van der Waals surface area contributed by atoms with Crippen LogP contribution in [0.3, 0.4) is 0 Å². The van der Waals surface area contributed by atoms with E-state index in [1.165, 1.54) is 6.92 Å². The number of aromatic nitrogens is 1. The Morgan fingerprint density at radius 3 is 2.48 bits per heavy atom. The summed E-state index contributed by atoms with van der Waals surface area (Å²) in [5, 5.41) is 3.78. The molecule has 0 radical (unpaired) electrons. The zero-order chi connectivity index (χ0) is 15.4. The van der Waals surface area contributed by atoms with Gasteiger partial charge in [0.25, 0.3) is 0 Å². The summed E-state index contributed by atoms with van der Waals surface area (Å²) in [4.78, 5) is 30.1. The molecule has 1 N–H and O–H groups in total. The molecule has 0 fully saturated rings. The van der Waals surface area contributed by atoms with E-state index in [2.05, 4.69) is 10.3 Å². The molecule has 21 heavy (non-hydrogen) atoms. The van der Waals surface area contributed by atoms with Crippen LogP contribution in [0.25, 0.3) is 0 Å². The number of thiazole rings is 1. The molecule has 110 valence electrons. The minimum absolute atomic E-state index is 0.00515. The molecule has 1 heterocycles. The van der Waals surface area contributed by atoms with Gasteiger partial charge in [0.05, 0.1) is 11.6 Å². The third-order valence-corrected chi connectivity index (χ3v) is 3.85. The van der Waals surface area contributed by atoms with Gasteiger partial charge in [-0.25, -0.2) is 9.78 Å². The highest BCUT2D eigenvalue weighted by molar-refractivity contribution is 7.11. The summed E-state index contributed by atoms with van der Waals surface area (Å²) in [5.74, 6) is 0.00515. The van der Waals surface area contributed by atoms with Crippen molar-refractivity contribution in [2.24, 2.45) is 0 Å². The van der Waals surface area contributed by atoms with Crippen LogP contribution in [0.2, 0.25) is 0 Å². The largest absolute Gasteiger partial charge is 0.322 e. The van der Waals surface area contributed by atoms with Crippen molar-refractivity contribution in [3.8, 4) is 0 Å². The van der Waals surface area contributed by atoms with Crippen LogP contribution in [-0.2, 0) is 6.54 Å². The first-order valence-electron chi connectivity index (χ1n) is 6.50. The lowest BCUT2D eigenvalue weighted by Gasteiger charge is -2.17. The maximum absolute atomic E-state index is 12.1. The fraction of sp³-hybridized carbons (Fsp3) is 0.267. The van der Waals surface area contributed by atoms with Crippen LogP contribution in [0.5, 0.6) is 0 Å². The Bertz CT molecular complexity index is 649. The van der Waals surface area contributed by atoms with Gasteiger partial charge in [-0.2, -0.15) is 0 Å². The van der Waals surface area contributed by atoms with Crippen LogP contribution >= 0.6 is 11.3 Å². The fourth-order valence-electron chi connectivity index (χ4n) is 1.79. The van der Waals surface area contributed by atoms with E-state index in [0.717, 1.165) is 9.88 Å². The van der Waals surface area contributed by atoms with Crippen molar-refractivity contribution in [1.29, 1.82) is 0 Å². The quantitative estimate of drug-likeness (QED) is 0.881. The second-order valence-corrected chi connectivity index (χ2v) is 6.08. The lowest BCUT2D eigenvalue weighted by molar-refractivity contribution is 0.101. The average molecular weight is 303 g/mol. The molecule has 0 aliphatic carbocycles. The van der Waals surface area contributed by atoms with Crippen LogP contribution < -0.4 is 5.32 Å². The predicted molar refractivity (Wildman–Crippen MR) is 83.8 cm³/mol. The Morgan fingerprint density at radius 2 is 1.95 bits per heavy atom. The monoisotopic (exact) mass is 303 g/mol. The van der Waals surface area contributed by atoms with Gasteiger partial charge in [0, 0.05) is 29.4 Å². The number of Topliss-reactive ketones (excluding diaryl/α,β-unsaturated/α-hetero) is 1. The van der Waals surface area contributed by atoms with E-state index in [9.17, 15) is 9.59 Å². The van der Waals surface area contributed by atoms with E-state index in [-0.39, 0.29) is 11.8 Å². The normalized spacial score (nSPS) is 10.2. The topological polar surface area (TPSA) is 62.3 Å². The number of urea groups is 1. The van der Waals surface area contributed by atoms with Gasteiger partial charge < -0.3 is 10.2 Å². The molecule has 0 aliphatic heterocycles. The smallest absolute Gasteiger partial charge is 0.321 e. The first-order valence-corrected chi connectivity index (χ1v) is 7.32. The van der Waals surface area contributed by atoms with Crippen LogP contribution in [0.1, 0.15) is 27.2 Å². The number of aryl methyl sites for hydroxylation is 1. The fourth-order valence-corrected chi connectivity index (χ4v) is 2.64. The Morgan fingerprint density at radius 1 is 1.29 bits per heavy atom. The van der Waals surface area contributed by atoms with Crippen LogP contribution in [0, 0.1) is 6.92 Å². The molecule has 5 nitrogen and oxygen atoms in total. The second-order valence-electron chi connectivity index (χ2n) is 4.77. The van der Waals surface area contributed by atoms with E-state index in [1.807, 2.05) is 6.92 Å². The number of carbonyl (C=O) groups is 2. The highest BCUT2D eigenvalue weighted by atomic mass is 32.1. The van der Waals surface area contributed by atoms with Crippen molar-refractivity contribution < 1.29 is 9.59 Å². The predicted octanol–water partition coefficient (Wildman–Crippen LogP) is 3.32. The molecule has 0 saturated heterocycles. The minimum Gasteiger partial charge on any atom is -0.322 e. The van der Waals surface area contributed by atoms with Crippen molar-refractivity contribution in [2.45, 2.75) is 20.4 Å². The number of amides is 2. The van der Waals surface area contributed by atoms with Crippen LogP contribution in [0.4, 0.5) is 10.5 Å². The molecular formula is C15H17N3O2S. The van der Waals surface area contributed by atoms with Crippen LogP contribution in [-0.4, -0.2) is 28.7 Å². The molecule has 0 aliphatic rings. The molecule has 0 saturated carbocycles. The number of ketones is 1. The summed E-state index contributed by atoms with van der Waals surface area (Å²) in [6.45, 7) is 3.96. The van der Waals surface area contributed by atoms with Gasteiger partial charge in [0.15, 0.2) is 5.78 Å². The van der Waals surface area contributed by atoms with Gasteiger partial charge in [0.1, 0.15) is 0 Å². The molecular weight excluding hydrogens is 286 g/mol. The molecule has 2 rings (SSSR count). The molecule has 1 aromatic heterocycles. The highest BCUT2D eigenvalue weighted by Crippen LogP contribution is 2.15. The number of carbonyl (C=O) groups excluding carboxylic acids is 2. The number of anilines is 1. The lowest BCUT2D eigenvalue weighted by atomic mass is 10.1. The lowest BCUT2D eigenvalue weighted by Crippen LogP contribution is -2.30. The van der Waals surface area contributed by atoms with Crippen molar-refractivity contribution in [3.63, 3.8) is 0 Å². The third-order valence-electron chi connectivity index (χ3n) is 2.95. The van der Waals surface area contributed by atoms with Crippen molar-refractivity contribution in [2.75, 3.05) is 12.4 Å². The van der Waals surface area contributed by atoms with E-state index >= 15 is 0 Å². The summed E-state index contributed by atoms with van der Waals surface area (Å²) in [5.41, 5.74) is 1.29. The van der Waals surface area contributed by atoms with Crippen LogP contribution in [0.15, 0.2) is 30.5 Å². The number of nitrogens with zero attached hydrogens (tertiary/aromatic N) is 2. The third kappa shape index (κ3) is 4.13. The zero-order valence-corrected chi connectivity index (χ0v) is 13.0. The first kappa shape index (κ1) is 15.2. The van der Waals surface area contributed by atoms with E-state index in [0.29, 0.717) is 17.8 Å². The average Bonchev–Trinajstić information content (AvgIpc) is 2.84. The second kappa shape index (κ2) is 6.49. The molecule has 2 amide bonds. The molecule has 0 atom stereocenters. The van der Waals surface area contributed by atoms with Crippen molar-refractivity contribution >= 4 is 28.8 Å². The van der Waals surface area contributed by atoms with Gasteiger partial charge >= 0.3 is 6.03 Å². The Balaban J connectivity index is 1.95. The summed E-state index contributed by atoms with van der Waals surface area (Å²) < 4.78 is 0. The molecule has 0 bridgehead atoms. The number of hydrogen-bond acceptors (Lipinski definition) is 4. The summed E-state index contributed by atoms with van der Waals surface area (Å²) >= 11 is 1.57. The highest BCUT2D eigenvalue weighted by Gasteiger charge is 2.11. The van der Waals surface area contributed by atoms with Gasteiger partial charge in [-0.15, -0.1) is 11.3 Å². The Kier molecular flexibility index (Phi) is 4.70. The van der Waals surface area contributed by atoms with Gasteiger partial charge in [-0.1, -0.05) is 0 Å². The zero-order valence-electron chi connectivity index (χ0n) is 12.2. The van der Waals surface area contributed by atoms with Gasteiger partial charge in [-0.3, -0.25) is 4.79 Å². The molecule has 6 heteroatoms. The molecule has 0 spiro atoms. The standard InChI is InChI=1S/C15H17N3O2S/c1-10(19)12-4-6-13(7-5-12)17-15(20)18(3)9-14-8-16-11(2)21-14/h4-8H,9H2,1-3H3,(H,17,20). The van der Waals surface area contributed by atoms with E-state index < -0.39 is 0 Å².